The van der Waals surface area contributed by atoms with Crippen molar-refractivity contribution in [1.29, 1.82) is 0 Å². The molecule has 2 aromatic rings. The number of hydrogen-bond acceptors (Lipinski definition) is 5. The Morgan fingerprint density at radius 1 is 0.939 bits per heavy atom. The highest BCUT2D eigenvalue weighted by molar-refractivity contribution is 7.90. The quantitative estimate of drug-likeness (QED) is 0.649. The van der Waals surface area contributed by atoms with Gasteiger partial charge < -0.3 is 14.5 Å². The van der Waals surface area contributed by atoms with Crippen LogP contribution in [0.5, 0.6) is 5.75 Å². The number of anilines is 1. The molecule has 0 bridgehead atoms. The van der Waals surface area contributed by atoms with Gasteiger partial charge in [0, 0.05) is 38.1 Å². The molecule has 3 rings (SSSR count). The van der Waals surface area contributed by atoms with Crippen molar-refractivity contribution in [3.05, 3.63) is 53.6 Å². The van der Waals surface area contributed by atoms with E-state index in [0.717, 1.165) is 18.4 Å². The van der Waals surface area contributed by atoms with E-state index in [0.29, 0.717) is 37.6 Å². The fourth-order valence-electron chi connectivity index (χ4n) is 3.53. The van der Waals surface area contributed by atoms with Crippen LogP contribution in [0.4, 0.5) is 18.9 Å². The number of hydrogen-bond donors (Lipinski definition) is 0. The molecule has 1 saturated heterocycles. The maximum Gasteiger partial charge on any atom is 0.416 e. The average molecular weight is 485 g/mol. The van der Waals surface area contributed by atoms with Crippen molar-refractivity contribution < 1.29 is 31.1 Å². The zero-order valence-electron chi connectivity index (χ0n) is 18.9. The van der Waals surface area contributed by atoms with Gasteiger partial charge in [0.2, 0.25) is 0 Å². The number of nitrogens with zero attached hydrogens (tertiary/aromatic N) is 2. The van der Waals surface area contributed by atoms with Crippen LogP contribution in [0, 0.1) is 0 Å². The van der Waals surface area contributed by atoms with E-state index in [2.05, 4.69) is 0 Å². The summed E-state index contributed by atoms with van der Waals surface area (Å²) in [5, 5.41) is 0. The van der Waals surface area contributed by atoms with Crippen molar-refractivity contribution in [2.45, 2.75) is 37.4 Å². The van der Waals surface area contributed by atoms with E-state index >= 15 is 0 Å². The number of piperazine rings is 1. The molecule has 1 amide bonds. The summed E-state index contributed by atoms with van der Waals surface area (Å²) in [5.74, 6) is -0.0584. The van der Waals surface area contributed by atoms with Crippen LogP contribution in [-0.4, -0.2) is 57.3 Å². The number of benzene rings is 2. The minimum atomic E-state index is -4.39. The van der Waals surface area contributed by atoms with Crippen molar-refractivity contribution in [3.63, 3.8) is 0 Å². The number of rotatable bonds is 4. The van der Waals surface area contributed by atoms with E-state index in [4.69, 9.17) is 4.74 Å². The highest BCUT2D eigenvalue weighted by Crippen LogP contribution is 2.31. The van der Waals surface area contributed by atoms with E-state index in [1.54, 1.807) is 4.90 Å². The Labute approximate surface area is 191 Å². The number of carbonyl (C=O) groups excluding carboxylic acids is 1. The molecule has 0 N–H and O–H groups in total. The van der Waals surface area contributed by atoms with Gasteiger partial charge >= 0.3 is 6.18 Å². The number of carbonyl (C=O) groups is 1. The molecule has 33 heavy (non-hydrogen) atoms. The van der Waals surface area contributed by atoms with Crippen LogP contribution < -0.4 is 9.64 Å². The Hall–Kier alpha value is -2.75. The molecule has 1 aliphatic rings. The second-order valence-electron chi connectivity index (χ2n) is 8.97. The van der Waals surface area contributed by atoms with Gasteiger partial charge in [0.05, 0.1) is 16.0 Å². The summed E-state index contributed by atoms with van der Waals surface area (Å²) in [6, 6.07) is 9.17. The lowest BCUT2D eigenvalue weighted by molar-refractivity contribution is -0.137. The van der Waals surface area contributed by atoms with Crippen molar-refractivity contribution in [2.24, 2.45) is 0 Å². The molecule has 180 valence electrons. The molecule has 0 spiro atoms. The Morgan fingerprint density at radius 3 is 2.00 bits per heavy atom. The molecule has 10 heteroatoms. The lowest BCUT2D eigenvalue weighted by atomic mass is 10.1. The third-order valence-corrected chi connectivity index (χ3v) is 6.26. The summed E-state index contributed by atoms with van der Waals surface area (Å²) < 4.78 is 68.3. The first kappa shape index (κ1) is 24.9. The minimum Gasteiger partial charge on any atom is -0.487 e. The molecular formula is C23H27F3N2O4S. The zero-order chi connectivity index (χ0) is 24.6. The lowest BCUT2D eigenvalue weighted by Crippen LogP contribution is -2.49. The van der Waals surface area contributed by atoms with Gasteiger partial charge in [-0.2, -0.15) is 13.2 Å². The first-order valence-electron chi connectivity index (χ1n) is 10.4. The minimum absolute atomic E-state index is 0.0236. The molecule has 0 unspecified atom stereocenters. The highest BCUT2D eigenvalue weighted by Gasteiger charge is 2.31. The van der Waals surface area contributed by atoms with Crippen LogP contribution in [0.1, 0.15) is 36.7 Å². The van der Waals surface area contributed by atoms with Crippen LogP contribution in [0.2, 0.25) is 0 Å². The van der Waals surface area contributed by atoms with Crippen LogP contribution in [-0.2, 0) is 16.0 Å². The van der Waals surface area contributed by atoms with E-state index in [1.165, 1.54) is 30.3 Å². The van der Waals surface area contributed by atoms with Gasteiger partial charge in [-0.3, -0.25) is 4.79 Å². The molecule has 0 aliphatic carbocycles. The summed E-state index contributed by atoms with van der Waals surface area (Å²) in [7, 11) is -3.52. The largest absolute Gasteiger partial charge is 0.487 e. The third kappa shape index (κ3) is 6.19. The Balaban J connectivity index is 1.78. The Bertz CT molecular complexity index is 1120. The second kappa shape index (κ2) is 8.89. The molecule has 2 aromatic carbocycles. The van der Waals surface area contributed by atoms with Crippen LogP contribution >= 0.6 is 0 Å². The zero-order valence-corrected chi connectivity index (χ0v) is 19.8. The third-order valence-electron chi connectivity index (χ3n) is 5.15. The average Bonchev–Trinajstić information content (AvgIpc) is 2.71. The number of ether oxygens (including phenoxy) is 1. The second-order valence-corrected chi connectivity index (χ2v) is 11.0. The van der Waals surface area contributed by atoms with E-state index in [-0.39, 0.29) is 16.4 Å². The van der Waals surface area contributed by atoms with Crippen LogP contribution in [0.3, 0.4) is 0 Å². The van der Waals surface area contributed by atoms with E-state index in [9.17, 15) is 26.4 Å². The maximum absolute atomic E-state index is 13.3. The van der Waals surface area contributed by atoms with Gasteiger partial charge in [0.1, 0.15) is 11.4 Å². The van der Waals surface area contributed by atoms with Gasteiger partial charge in [0.25, 0.3) is 5.91 Å². The van der Waals surface area contributed by atoms with Gasteiger partial charge in [-0.1, -0.05) is 0 Å². The molecule has 0 atom stereocenters. The standard InChI is InChI=1S/C23H27F3N2O4S/c1-22(2,3)32-20-10-9-18(33(4,30)31)15-19(20)21(29)28-13-11-27(12-14-28)17-7-5-16(6-8-17)23(24,25)26/h5-10,15H,11-14H2,1-4H3. The summed E-state index contributed by atoms with van der Waals surface area (Å²) in [5.41, 5.74) is -0.498. The van der Waals surface area contributed by atoms with Gasteiger partial charge in [-0.15, -0.1) is 0 Å². The smallest absolute Gasteiger partial charge is 0.416 e. The van der Waals surface area contributed by atoms with Crippen molar-refractivity contribution in [2.75, 3.05) is 37.3 Å². The summed E-state index contributed by atoms with van der Waals surface area (Å²) in [6.45, 7) is 7.00. The monoisotopic (exact) mass is 484 g/mol. The van der Waals surface area contributed by atoms with Crippen molar-refractivity contribution in [3.8, 4) is 5.75 Å². The molecule has 1 fully saturated rings. The summed E-state index contributed by atoms with van der Waals surface area (Å²) in [4.78, 5) is 16.8. The number of alkyl halides is 3. The van der Waals surface area contributed by atoms with Gasteiger partial charge in [-0.25, -0.2) is 8.42 Å². The number of halogens is 3. The highest BCUT2D eigenvalue weighted by atomic mass is 32.2. The van der Waals surface area contributed by atoms with E-state index in [1.807, 2.05) is 25.7 Å². The van der Waals surface area contributed by atoms with Crippen molar-refractivity contribution in [1.82, 2.24) is 4.90 Å². The molecule has 1 heterocycles. The molecule has 0 aromatic heterocycles. The number of amides is 1. The Morgan fingerprint density at radius 2 is 1.52 bits per heavy atom. The summed E-state index contributed by atoms with van der Waals surface area (Å²) >= 11 is 0. The predicted octanol–water partition coefficient (Wildman–Crippen LogP) is 4.25. The maximum atomic E-state index is 13.3. The van der Waals surface area contributed by atoms with Crippen molar-refractivity contribution >= 4 is 21.4 Å². The molecule has 0 saturated carbocycles. The first-order valence-corrected chi connectivity index (χ1v) is 12.3. The fraction of sp³-hybridized carbons (Fsp3) is 0.435. The Kier molecular flexibility index (Phi) is 6.70. The SMILES string of the molecule is CC(C)(C)Oc1ccc(S(C)(=O)=O)cc1C(=O)N1CCN(c2ccc(C(F)(F)F)cc2)CC1. The van der Waals surface area contributed by atoms with Crippen LogP contribution in [0.25, 0.3) is 0 Å². The number of sulfone groups is 1. The fourth-order valence-corrected chi connectivity index (χ4v) is 4.17. The van der Waals surface area contributed by atoms with E-state index < -0.39 is 27.2 Å². The molecule has 0 radical (unpaired) electrons. The molecule has 1 aliphatic heterocycles. The summed E-state index contributed by atoms with van der Waals surface area (Å²) in [6.07, 6.45) is -3.32. The van der Waals surface area contributed by atoms with Gasteiger partial charge in [-0.05, 0) is 63.2 Å². The molecule has 6 nitrogen and oxygen atoms in total. The van der Waals surface area contributed by atoms with Gasteiger partial charge in [0.15, 0.2) is 9.84 Å². The normalized spacial score (nSPS) is 15.5. The van der Waals surface area contributed by atoms with Crippen LogP contribution in [0.15, 0.2) is 47.4 Å². The first-order chi connectivity index (χ1) is 15.1. The topological polar surface area (TPSA) is 66.9 Å². The molecular weight excluding hydrogens is 457 g/mol. The predicted molar refractivity (Wildman–Crippen MR) is 119 cm³/mol. The lowest BCUT2D eigenvalue weighted by Gasteiger charge is -2.36.